The van der Waals surface area contributed by atoms with Gasteiger partial charge in [0.25, 0.3) is 0 Å². The fraction of sp³-hybridized carbons (Fsp3) is 0.714. The van der Waals surface area contributed by atoms with Crippen LogP contribution in [0.15, 0.2) is 6.07 Å². The van der Waals surface area contributed by atoms with Crippen LogP contribution in [-0.2, 0) is 24.8 Å². The molecule has 0 unspecified atom stereocenters. The zero-order valence-corrected chi connectivity index (χ0v) is 19.7. The molecule has 1 aliphatic rings. The van der Waals surface area contributed by atoms with Gasteiger partial charge in [-0.15, -0.1) is 0 Å². The molecule has 0 fully saturated rings. The fourth-order valence-electron chi connectivity index (χ4n) is 3.39. The summed E-state index contributed by atoms with van der Waals surface area (Å²) in [5.41, 5.74) is 1.73. The van der Waals surface area contributed by atoms with Gasteiger partial charge in [-0.3, -0.25) is 9.05 Å². The number of hydrogen-bond donors (Lipinski definition) is 0. The summed E-state index contributed by atoms with van der Waals surface area (Å²) < 4.78 is 48.0. The van der Waals surface area contributed by atoms with Gasteiger partial charge in [0.15, 0.2) is 11.5 Å². The van der Waals surface area contributed by atoms with Gasteiger partial charge in [0, 0.05) is 23.6 Å². The molecule has 1 aromatic rings. The Morgan fingerprint density at radius 1 is 1.03 bits per heavy atom. The van der Waals surface area contributed by atoms with E-state index < -0.39 is 7.82 Å². The molecule has 1 aliphatic heterocycles. The van der Waals surface area contributed by atoms with Gasteiger partial charge in [0.1, 0.15) is 5.75 Å². The lowest BCUT2D eigenvalue weighted by Crippen LogP contribution is -2.25. The van der Waals surface area contributed by atoms with Gasteiger partial charge in [0.2, 0.25) is 0 Å². The van der Waals surface area contributed by atoms with Crippen LogP contribution in [0.3, 0.4) is 0 Å². The molecule has 0 bridgehead atoms. The number of phosphoric ester groups is 1. The Labute approximate surface area is 174 Å². The van der Waals surface area contributed by atoms with E-state index in [1.165, 1.54) is 0 Å². The van der Waals surface area contributed by atoms with Crippen molar-refractivity contribution < 1.29 is 32.3 Å². The van der Waals surface area contributed by atoms with E-state index in [9.17, 15) is 4.57 Å². The molecular formula is C21H35O7P. The van der Waals surface area contributed by atoms with E-state index in [1.54, 1.807) is 19.9 Å². The standard InChI is InChI=1S/C21H35O7P/c1-9-23-29(22,24-10-2)28-21-17-11-15(7)27-16(8)20(17)18(25-13(3)4)12-19(21)26-14(5)6/h12-16H,9-11H2,1-8H3/t15-,16-/m0/s1. The fourth-order valence-corrected chi connectivity index (χ4v) is 4.63. The van der Waals surface area contributed by atoms with Crippen LogP contribution in [0.25, 0.3) is 0 Å². The third-order valence-corrected chi connectivity index (χ3v) is 5.74. The lowest BCUT2D eigenvalue weighted by Gasteiger charge is -2.33. The lowest BCUT2D eigenvalue weighted by molar-refractivity contribution is -0.00761. The summed E-state index contributed by atoms with van der Waals surface area (Å²) >= 11 is 0. The minimum Gasteiger partial charge on any atom is -0.490 e. The normalized spacial score (nSPS) is 19.4. The molecule has 0 saturated carbocycles. The zero-order chi connectivity index (χ0) is 21.8. The van der Waals surface area contributed by atoms with E-state index >= 15 is 0 Å². The Bertz CT molecular complexity index is 722. The number of rotatable bonds is 10. The second-order valence-electron chi connectivity index (χ2n) is 7.59. The molecule has 8 heteroatoms. The molecule has 1 aromatic carbocycles. The van der Waals surface area contributed by atoms with Crippen molar-refractivity contribution in [3.8, 4) is 17.2 Å². The van der Waals surface area contributed by atoms with Crippen molar-refractivity contribution in [1.29, 1.82) is 0 Å². The van der Waals surface area contributed by atoms with Gasteiger partial charge in [0.05, 0.1) is 37.6 Å². The van der Waals surface area contributed by atoms with Gasteiger partial charge in [-0.25, -0.2) is 4.57 Å². The van der Waals surface area contributed by atoms with Crippen molar-refractivity contribution in [3.05, 3.63) is 17.2 Å². The van der Waals surface area contributed by atoms with E-state index in [2.05, 4.69) is 0 Å². The third kappa shape index (κ3) is 6.11. The Morgan fingerprint density at radius 3 is 2.10 bits per heavy atom. The highest BCUT2D eigenvalue weighted by Gasteiger charge is 2.36. The van der Waals surface area contributed by atoms with Gasteiger partial charge in [-0.2, -0.15) is 0 Å². The maximum Gasteiger partial charge on any atom is 0.530 e. The smallest absolute Gasteiger partial charge is 0.490 e. The van der Waals surface area contributed by atoms with Crippen molar-refractivity contribution in [2.75, 3.05) is 13.2 Å². The molecule has 0 spiro atoms. The first-order chi connectivity index (χ1) is 13.6. The molecule has 2 rings (SSSR count). The van der Waals surface area contributed by atoms with E-state index in [0.29, 0.717) is 23.7 Å². The minimum absolute atomic E-state index is 0.0257. The second kappa shape index (κ2) is 10.2. The van der Waals surface area contributed by atoms with Crippen LogP contribution in [0, 0.1) is 0 Å². The molecule has 1 heterocycles. The van der Waals surface area contributed by atoms with Crippen molar-refractivity contribution in [2.24, 2.45) is 0 Å². The van der Waals surface area contributed by atoms with E-state index in [4.69, 9.17) is 27.8 Å². The maximum atomic E-state index is 13.1. The number of phosphoric acid groups is 1. The largest absolute Gasteiger partial charge is 0.530 e. The minimum atomic E-state index is -3.80. The zero-order valence-electron chi connectivity index (χ0n) is 18.8. The highest BCUT2D eigenvalue weighted by molar-refractivity contribution is 7.48. The molecule has 0 saturated heterocycles. The lowest BCUT2D eigenvalue weighted by atomic mass is 9.93. The average Bonchev–Trinajstić information content (AvgIpc) is 2.56. The molecule has 0 amide bonds. The summed E-state index contributed by atoms with van der Waals surface area (Å²) in [6, 6.07) is 1.78. The molecule has 0 N–H and O–H groups in total. The second-order valence-corrected chi connectivity index (χ2v) is 9.19. The first-order valence-corrected chi connectivity index (χ1v) is 11.8. The highest BCUT2D eigenvalue weighted by atomic mass is 31.2. The Balaban J connectivity index is 2.68. The Morgan fingerprint density at radius 2 is 1.59 bits per heavy atom. The first kappa shape index (κ1) is 24.0. The van der Waals surface area contributed by atoms with Crippen LogP contribution in [0.4, 0.5) is 0 Å². The number of hydrogen-bond acceptors (Lipinski definition) is 7. The molecule has 2 atom stereocenters. The van der Waals surface area contributed by atoms with Gasteiger partial charge >= 0.3 is 7.82 Å². The van der Waals surface area contributed by atoms with Gasteiger partial charge < -0.3 is 18.7 Å². The van der Waals surface area contributed by atoms with Crippen molar-refractivity contribution in [1.82, 2.24) is 0 Å². The van der Waals surface area contributed by atoms with Crippen molar-refractivity contribution >= 4 is 7.82 Å². The predicted molar refractivity (Wildman–Crippen MR) is 112 cm³/mol. The number of fused-ring (bicyclic) bond motifs is 1. The number of benzene rings is 1. The predicted octanol–water partition coefficient (Wildman–Crippen LogP) is 5.84. The molecule has 29 heavy (non-hydrogen) atoms. The van der Waals surface area contributed by atoms with Crippen LogP contribution < -0.4 is 14.0 Å². The Hall–Kier alpha value is -1.27. The summed E-state index contributed by atoms with van der Waals surface area (Å²) in [4.78, 5) is 0. The van der Waals surface area contributed by atoms with Crippen molar-refractivity contribution in [2.45, 2.75) is 86.2 Å². The molecule has 7 nitrogen and oxygen atoms in total. The SMILES string of the molecule is CCOP(=O)(OCC)Oc1c(OC(C)C)cc(OC(C)C)c2c1C[C@H](C)O[C@H]2C. The van der Waals surface area contributed by atoms with Gasteiger partial charge in [-0.05, 0) is 55.4 Å². The summed E-state index contributed by atoms with van der Waals surface area (Å²) in [7, 11) is -3.80. The first-order valence-electron chi connectivity index (χ1n) is 10.4. The van der Waals surface area contributed by atoms with Crippen LogP contribution >= 0.6 is 7.82 Å². The molecule has 0 radical (unpaired) electrons. The van der Waals surface area contributed by atoms with E-state index in [0.717, 1.165) is 11.1 Å². The topological polar surface area (TPSA) is 72.5 Å². The summed E-state index contributed by atoms with van der Waals surface area (Å²) in [6.45, 7) is 15.6. The van der Waals surface area contributed by atoms with Crippen LogP contribution in [0.5, 0.6) is 17.2 Å². The summed E-state index contributed by atoms with van der Waals surface area (Å²) in [5, 5.41) is 0. The van der Waals surface area contributed by atoms with Gasteiger partial charge in [-0.1, -0.05) is 0 Å². The van der Waals surface area contributed by atoms with E-state index in [1.807, 2.05) is 41.5 Å². The summed E-state index contributed by atoms with van der Waals surface area (Å²) in [5.74, 6) is 1.51. The molecule has 166 valence electrons. The van der Waals surface area contributed by atoms with E-state index in [-0.39, 0.29) is 37.6 Å². The van der Waals surface area contributed by atoms with Crippen molar-refractivity contribution in [3.63, 3.8) is 0 Å². The maximum absolute atomic E-state index is 13.1. The quantitative estimate of drug-likeness (QED) is 0.432. The monoisotopic (exact) mass is 430 g/mol. The number of ether oxygens (including phenoxy) is 3. The molecular weight excluding hydrogens is 395 g/mol. The van der Waals surface area contributed by atoms with Crippen LogP contribution in [0.1, 0.15) is 72.6 Å². The van der Waals surface area contributed by atoms with Crippen LogP contribution in [0.2, 0.25) is 0 Å². The third-order valence-electron chi connectivity index (χ3n) is 4.19. The Kier molecular flexibility index (Phi) is 8.41. The average molecular weight is 430 g/mol. The molecule has 0 aliphatic carbocycles. The highest BCUT2D eigenvalue weighted by Crippen LogP contribution is 2.56. The molecule has 0 aromatic heterocycles. The summed E-state index contributed by atoms with van der Waals surface area (Å²) in [6.07, 6.45) is 0.172. The van der Waals surface area contributed by atoms with Crippen LogP contribution in [-0.4, -0.2) is 31.5 Å².